The number of alkyl carbamates (subject to hydrolysis) is 2. The molecule has 3 aromatic carbocycles. The van der Waals surface area contributed by atoms with Gasteiger partial charge in [0.2, 0.25) is 11.8 Å². The Balaban J connectivity index is 0.959. The minimum atomic E-state index is -0.700. The predicted octanol–water partition coefficient (Wildman–Crippen LogP) is 8.40. The van der Waals surface area contributed by atoms with Crippen molar-refractivity contribution >= 4 is 35.0 Å². The Labute approximate surface area is 362 Å². The second kappa shape index (κ2) is 17.3. The summed E-state index contributed by atoms with van der Waals surface area (Å²) in [4.78, 5) is 72.6. The van der Waals surface area contributed by atoms with Crippen molar-refractivity contribution in [2.75, 3.05) is 27.3 Å². The Bertz CT molecular complexity index is 2430. The Morgan fingerprint density at radius 3 is 1.85 bits per heavy atom. The maximum atomic E-state index is 13.9. The first-order chi connectivity index (χ1) is 29.8. The molecule has 4 heterocycles. The summed E-state index contributed by atoms with van der Waals surface area (Å²) in [6.07, 6.45) is 5.38. The zero-order valence-electron chi connectivity index (χ0n) is 36.7. The number of ether oxygens (including phenoxy) is 2. The van der Waals surface area contributed by atoms with Crippen molar-refractivity contribution in [1.82, 2.24) is 40.4 Å². The van der Waals surface area contributed by atoms with Gasteiger partial charge in [-0.1, -0.05) is 95.6 Å². The summed E-state index contributed by atoms with van der Waals surface area (Å²) >= 11 is 0. The molecule has 1 saturated carbocycles. The van der Waals surface area contributed by atoms with Crippen molar-refractivity contribution in [3.05, 3.63) is 84.6 Å². The van der Waals surface area contributed by atoms with E-state index in [4.69, 9.17) is 19.4 Å². The summed E-state index contributed by atoms with van der Waals surface area (Å²) in [5.74, 6) is 1.30. The molecule has 14 nitrogen and oxygen atoms in total. The topological polar surface area (TPSA) is 175 Å². The second-order valence-electron chi connectivity index (χ2n) is 18.0. The molecular formula is C48H58N8O6. The van der Waals surface area contributed by atoms with E-state index in [1.807, 2.05) is 49.8 Å². The number of aromatic amines is 2. The number of carbonyl (C=O) groups excluding carboxylic acids is 4. The average Bonchev–Trinajstić information content (AvgIpc) is 3.73. The van der Waals surface area contributed by atoms with E-state index in [0.29, 0.717) is 13.1 Å². The first-order valence-corrected chi connectivity index (χ1v) is 21.9. The molecule has 1 aliphatic carbocycles. The van der Waals surface area contributed by atoms with E-state index in [1.165, 1.54) is 14.2 Å². The van der Waals surface area contributed by atoms with Gasteiger partial charge in [0.15, 0.2) is 0 Å². The van der Waals surface area contributed by atoms with E-state index in [9.17, 15) is 19.2 Å². The van der Waals surface area contributed by atoms with E-state index in [1.54, 1.807) is 0 Å². The third-order valence-corrected chi connectivity index (χ3v) is 13.3. The van der Waals surface area contributed by atoms with Crippen LogP contribution in [0.2, 0.25) is 0 Å². The molecule has 0 bridgehead atoms. The molecule has 3 aliphatic rings. The summed E-state index contributed by atoms with van der Waals surface area (Å²) in [5, 5.41) is 5.49. The predicted molar refractivity (Wildman–Crippen MR) is 236 cm³/mol. The monoisotopic (exact) mass is 842 g/mol. The fraction of sp³-hybridized carbons (Fsp3) is 0.458. The first kappa shape index (κ1) is 42.5. The number of likely N-dealkylation sites (tertiary alicyclic amines) is 2. The lowest BCUT2D eigenvalue weighted by Crippen LogP contribution is -2.51. The van der Waals surface area contributed by atoms with Crippen LogP contribution in [0.15, 0.2) is 72.9 Å². The summed E-state index contributed by atoms with van der Waals surface area (Å²) in [6.45, 7) is 11.1. The van der Waals surface area contributed by atoms with Gasteiger partial charge < -0.3 is 39.9 Å². The molecule has 2 aromatic heterocycles. The van der Waals surface area contributed by atoms with Crippen LogP contribution >= 0.6 is 0 Å². The summed E-state index contributed by atoms with van der Waals surface area (Å²) in [6, 6.07) is 21.3. The van der Waals surface area contributed by atoms with Gasteiger partial charge in [-0.15, -0.1) is 0 Å². The molecule has 4 N–H and O–H groups in total. The highest BCUT2D eigenvalue weighted by Crippen LogP contribution is 2.58. The lowest BCUT2D eigenvalue weighted by molar-refractivity contribution is -0.136. The number of aromatic nitrogens is 4. The maximum absolute atomic E-state index is 13.9. The standard InChI is InChI=1S/C48H58N8O6/c1-8-29-19-22-55(44(57)39(27(2)3)53-46(59)61-6)41(29)43-50-35-18-17-34(23-36(35)51-43)32-11-9-30(10-12-32)31-13-15-33(16-14-31)37-25-49-42(52-37)38-24-48(20-21-48)26-56(38)45(58)40(28(4)5)54-47(60)62-7/h9-18,23,25,27-29,38-41H,8,19-22,24,26H2,1-7H3,(H,49,52)(H,50,51)(H,53,59)(H,54,60)/t29-,38+,39+,40?,41+/m1/s1. The molecule has 2 aliphatic heterocycles. The Morgan fingerprint density at radius 1 is 0.758 bits per heavy atom. The normalized spacial score (nSPS) is 20.2. The zero-order chi connectivity index (χ0) is 43.9. The molecule has 5 aromatic rings. The van der Waals surface area contributed by atoms with Crippen molar-refractivity contribution in [1.29, 1.82) is 0 Å². The number of amides is 4. The highest BCUT2D eigenvalue weighted by atomic mass is 16.5. The number of H-pyrrole nitrogens is 2. The van der Waals surface area contributed by atoms with Crippen LogP contribution in [0.3, 0.4) is 0 Å². The highest BCUT2D eigenvalue weighted by molar-refractivity contribution is 5.88. The zero-order valence-corrected chi connectivity index (χ0v) is 36.7. The fourth-order valence-electron chi connectivity index (χ4n) is 9.43. The average molecular weight is 843 g/mol. The van der Waals surface area contributed by atoms with E-state index >= 15 is 0 Å². The van der Waals surface area contributed by atoms with Crippen LogP contribution in [0, 0.1) is 23.2 Å². The third kappa shape index (κ3) is 8.38. The number of nitrogens with zero attached hydrogens (tertiary/aromatic N) is 4. The fourth-order valence-corrected chi connectivity index (χ4v) is 9.43. The molecule has 1 unspecified atom stereocenters. The molecule has 14 heteroatoms. The number of rotatable bonds is 12. The molecular weight excluding hydrogens is 785 g/mol. The molecule has 3 fully saturated rings. The van der Waals surface area contributed by atoms with Gasteiger partial charge in [-0.3, -0.25) is 9.59 Å². The number of benzene rings is 3. The van der Waals surface area contributed by atoms with E-state index in [-0.39, 0.29) is 47.1 Å². The lowest BCUT2D eigenvalue weighted by atomic mass is 9.96. The molecule has 62 heavy (non-hydrogen) atoms. The van der Waals surface area contributed by atoms with Gasteiger partial charge >= 0.3 is 12.2 Å². The highest BCUT2D eigenvalue weighted by Gasteiger charge is 2.55. The van der Waals surface area contributed by atoms with Gasteiger partial charge in [-0.25, -0.2) is 19.6 Å². The largest absolute Gasteiger partial charge is 0.453 e. The maximum Gasteiger partial charge on any atom is 0.407 e. The van der Waals surface area contributed by atoms with Gasteiger partial charge in [0.25, 0.3) is 0 Å². The lowest BCUT2D eigenvalue weighted by Gasteiger charge is -2.31. The SMILES string of the molecule is CC[C@@H]1CCN(C(=O)[C@@H](NC(=O)OC)C(C)C)[C@@H]1c1nc2ccc(-c3ccc(-c4ccc(-c5cnc([C@@H]6CC7(CC7)CN6C(=O)C(NC(=O)OC)C(C)C)[nH]5)cc4)cc3)cc2[nH]1. The number of nitrogens with one attached hydrogen (secondary N) is 4. The van der Waals surface area contributed by atoms with E-state index in [0.717, 1.165) is 88.3 Å². The number of carbonyl (C=O) groups is 4. The summed E-state index contributed by atoms with van der Waals surface area (Å²) < 4.78 is 9.64. The number of hydrogen-bond donors (Lipinski definition) is 4. The van der Waals surface area contributed by atoms with E-state index < -0.39 is 24.3 Å². The summed E-state index contributed by atoms with van der Waals surface area (Å²) in [5.41, 5.74) is 8.01. The third-order valence-electron chi connectivity index (χ3n) is 13.3. The molecule has 4 amide bonds. The van der Waals surface area contributed by atoms with Crippen LogP contribution in [0.25, 0.3) is 44.5 Å². The van der Waals surface area contributed by atoms with Gasteiger partial charge in [0.05, 0.1) is 49.2 Å². The van der Waals surface area contributed by atoms with Gasteiger partial charge in [0.1, 0.15) is 23.7 Å². The van der Waals surface area contributed by atoms with Gasteiger partial charge in [0, 0.05) is 13.1 Å². The Kier molecular flexibility index (Phi) is 11.9. The Morgan fingerprint density at radius 2 is 1.31 bits per heavy atom. The first-order valence-electron chi connectivity index (χ1n) is 21.9. The number of fused-ring (bicyclic) bond motifs is 1. The summed E-state index contributed by atoms with van der Waals surface area (Å²) in [7, 11) is 2.61. The molecule has 2 saturated heterocycles. The molecule has 0 radical (unpaired) electrons. The van der Waals surface area contributed by atoms with Crippen LogP contribution in [-0.4, -0.2) is 93.1 Å². The molecule has 1 spiro atoms. The van der Waals surface area contributed by atoms with Crippen molar-refractivity contribution in [2.24, 2.45) is 23.2 Å². The quantitative estimate of drug-likeness (QED) is 0.0969. The van der Waals surface area contributed by atoms with Crippen molar-refractivity contribution in [3.8, 4) is 33.5 Å². The van der Waals surface area contributed by atoms with Crippen molar-refractivity contribution in [2.45, 2.75) is 90.9 Å². The number of imidazole rings is 2. The molecule has 5 atom stereocenters. The van der Waals surface area contributed by atoms with Gasteiger partial charge in [-0.2, -0.15) is 0 Å². The van der Waals surface area contributed by atoms with Gasteiger partial charge in [-0.05, 0) is 88.8 Å². The van der Waals surface area contributed by atoms with Crippen molar-refractivity contribution < 1.29 is 28.7 Å². The van der Waals surface area contributed by atoms with Crippen LogP contribution in [0.1, 0.15) is 90.5 Å². The second-order valence-corrected chi connectivity index (χ2v) is 18.0. The number of hydrogen-bond acceptors (Lipinski definition) is 8. The Hall–Kier alpha value is -6.18. The van der Waals surface area contributed by atoms with Crippen LogP contribution in [0.5, 0.6) is 0 Å². The van der Waals surface area contributed by atoms with E-state index in [2.05, 4.69) is 88.2 Å². The van der Waals surface area contributed by atoms with Crippen molar-refractivity contribution in [3.63, 3.8) is 0 Å². The van der Waals surface area contributed by atoms with Crippen LogP contribution in [0.4, 0.5) is 9.59 Å². The smallest absolute Gasteiger partial charge is 0.407 e. The van der Waals surface area contributed by atoms with Crippen LogP contribution < -0.4 is 10.6 Å². The number of methoxy groups -OCH3 is 2. The minimum absolute atomic E-state index is 0.104. The molecule has 8 rings (SSSR count). The molecule has 326 valence electrons. The minimum Gasteiger partial charge on any atom is -0.453 e. The van der Waals surface area contributed by atoms with Crippen LogP contribution in [-0.2, 0) is 19.1 Å².